The van der Waals surface area contributed by atoms with Gasteiger partial charge in [-0.05, 0) is 30.7 Å². The molecule has 0 saturated carbocycles. The van der Waals surface area contributed by atoms with Gasteiger partial charge in [0.1, 0.15) is 5.69 Å². The monoisotopic (exact) mass is 313 g/mol. The predicted octanol–water partition coefficient (Wildman–Crippen LogP) is 2.51. The maximum atomic E-state index is 12.3. The molecule has 0 spiro atoms. The molecule has 2 amide bonds. The molecular formula is C16H19N5O2. The number of hydrogen-bond acceptors (Lipinski definition) is 5. The standard InChI is InChI=1S/C16H19N5O2/c1-3-8-17-16-18-9-7-14(21-16)15(23)20-13-6-4-5-12(10-13)19-11(2)22/h4-7,9-10H,3,8H2,1-2H3,(H,19,22)(H,20,23)(H,17,18,21). The van der Waals surface area contributed by atoms with Crippen molar-refractivity contribution < 1.29 is 9.59 Å². The lowest BCUT2D eigenvalue weighted by molar-refractivity contribution is -0.114. The van der Waals surface area contributed by atoms with E-state index in [0.717, 1.165) is 13.0 Å². The topological polar surface area (TPSA) is 96.0 Å². The fraction of sp³-hybridized carbons (Fsp3) is 0.250. The van der Waals surface area contributed by atoms with E-state index in [4.69, 9.17) is 0 Å². The lowest BCUT2D eigenvalue weighted by atomic mass is 10.2. The van der Waals surface area contributed by atoms with Crippen LogP contribution in [0.3, 0.4) is 0 Å². The molecule has 2 aromatic rings. The van der Waals surface area contributed by atoms with E-state index in [1.165, 1.54) is 13.1 Å². The molecule has 0 aliphatic carbocycles. The number of rotatable bonds is 6. The molecule has 0 saturated heterocycles. The van der Waals surface area contributed by atoms with Crippen molar-refractivity contribution in [3.63, 3.8) is 0 Å². The molecule has 3 N–H and O–H groups in total. The number of carbonyl (C=O) groups excluding carboxylic acids is 2. The van der Waals surface area contributed by atoms with Gasteiger partial charge in [0.05, 0.1) is 0 Å². The number of aromatic nitrogens is 2. The third-order valence-electron chi connectivity index (χ3n) is 2.86. The Morgan fingerprint density at radius 3 is 2.57 bits per heavy atom. The summed E-state index contributed by atoms with van der Waals surface area (Å²) in [6.45, 7) is 4.20. The Labute approximate surface area is 134 Å². The first-order valence-electron chi connectivity index (χ1n) is 7.34. The molecule has 23 heavy (non-hydrogen) atoms. The van der Waals surface area contributed by atoms with E-state index >= 15 is 0 Å². The molecule has 0 atom stereocenters. The van der Waals surface area contributed by atoms with Gasteiger partial charge in [0.25, 0.3) is 5.91 Å². The second kappa shape index (κ2) is 7.88. The molecule has 1 heterocycles. The van der Waals surface area contributed by atoms with Crippen LogP contribution in [0.5, 0.6) is 0 Å². The number of nitrogens with zero attached hydrogens (tertiary/aromatic N) is 2. The highest BCUT2D eigenvalue weighted by molar-refractivity contribution is 6.03. The summed E-state index contributed by atoms with van der Waals surface area (Å²) in [5.41, 5.74) is 1.45. The maximum absolute atomic E-state index is 12.3. The Bertz CT molecular complexity index is 702. The molecule has 1 aromatic carbocycles. The van der Waals surface area contributed by atoms with Crippen molar-refractivity contribution >= 4 is 29.1 Å². The van der Waals surface area contributed by atoms with Crippen molar-refractivity contribution in [1.82, 2.24) is 9.97 Å². The minimum Gasteiger partial charge on any atom is -0.354 e. The highest BCUT2D eigenvalue weighted by atomic mass is 16.2. The first kappa shape index (κ1) is 16.4. The van der Waals surface area contributed by atoms with Gasteiger partial charge in [0, 0.05) is 31.0 Å². The summed E-state index contributed by atoms with van der Waals surface area (Å²) >= 11 is 0. The highest BCUT2D eigenvalue weighted by Gasteiger charge is 2.09. The third-order valence-corrected chi connectivity index (χ3v) is 2.86. The van der Waals surface area contributed by atoms with Crippen molar-refractivity contribution in [2.75, 3.05) is 22.5 Å². The minimum absolute atomic E-state index is 0.170. The van der Waals surface area contributed by atoms with E-state index in [1.54, 1.807) is 30.3 Å². The van der Waals surface area contributed by atoms with Crippen LogP contribution in [0.25, 0.3) is 0 Å². The van der Waals surface area contributed by atoms with E-state index in [9.17, 15) is 9.59 Å². The van der Waals surface area contributed by atoms with Crippen molar-refractivity contribution in [3.8, 4) is 0 Å². The molecule has 0 aliphatic rings. The van der Waals surface area contributed by atoms with Crippen molar-refractivity contribution in [2.24, 2.45) is 0 Å². The summed E-state index contributed by atoms with van der Waals surface area (Å²) in [5, 5.41) is 8.45. The van der Waals surface area contributed by atoms with E-state index in [-0.39, 0.29) is 17.5 Å². The van der Waals surface area contributed by atoms with Gasteiger partial charge >= 0.3 is 0 Å². The summed E-state index contributed by atoms with van der Waals surface area (Å²) in [4.78, 5) is 31.6. The zero-order valence-electron chi connectivity index (χ0n) is 13.1. The molecule has 0 fully saturated rings. The predicted molar refractivity (Wildman–Crippen MR) is 89.5 cm³/mol. The van der Waals surface area contributed by atoms with Crippen LogP contribution in [-0.4, -0.2) is 28.3 Å². The lowest BCUT2D eigenvalue weighted by Crippen LogP contribution is -2.16. The van der Waals surface area contributed by atoms with E-state index in [0.29, 0.717) is 17.3 Å². The van der Waals surface area contributed by atoms with Crippen LogP contribution in [0.1, 0.15) is 30.8 Å². The zero-order valence-corrected chi connectivity index (χ0v) is 13.1. The van der Waals surface area contributed by atoms with E-state index in [1.807, 2.05) is 6.92 Å². The van der Waals surface area contributed by atoms with Crippen molar-refractivity contribution in [2.45, 2.75) is 20.3 Å². The molecule has 1 aromatic heterocycles. The van der Waals surface area contributed by atoms with Gasteiger partial charge in [-0.1, -0.05) is 13.0 Å². The van der Waals surface area contributed by atoms with E-state index in [2.05, 4.69) is 25.9 Å². The molecule has 0 aliphatic heterocycles. The Hall–Kier alpha value is -2.96. The van der Waals surface area contributed by atoms with Gasteiger partial charge in [-0.3, -0.25) is 9.59 Å². The summed E-state index contributed by atoms with van der Waals surface area (Å²) < 4.78 is 0. The number of benzene rings is 1. The number of carbonyl (C=O) groups is 2. The van der Waals surface area contributed by atoms with Crippen molar-refractivity contribution in [3.05, 3.63) is 42.2 Å². The minimum atomic E-state index is -0.341. The fourth-order valence-corrected chi connectivity index (χ4v) is 1.88. The molecule has 7 nitrogen and oxygen atoms in total. The second-order valence-corrected chi connectivity index (χ2v) is 4.91. The number of anilines is 3. The average molecular weight is 313 g/mol. The maximum Gasteiger partial charge on any atom is 0.274 e. The van der Waals surface area contributed by atoms with Gasteiger partial charge < -0.3 is 16.0 Å². The Balaban J connectivity index is 2.08. The van der Waals surface area contributed by atoms with Gasteiger partial charge in [0.15, 0.2) is 0 Å². The SMILES string of the molecule is CCCNc1nccc(C(=O)Nc2cccc(NC(C)=O)c2)n1. The smallest absolute Gasteiger partial charge is 0.274 e. The first-order valence-corrected chi connectivity index (χ1v) is 7.34. The quantitative estimate of drug-likeness (QED) is 0.761. The highest BCUT2D eigenvalue weighted by Crippen LogP contribution is 2.16. The van der Waals surface area contributed by atoms with Crippen LogP contribution < -0.4 is 16.0 Å². The fourth-order valence-electron chi connectivity index (χ4n) is 1.88. The van der Waals surface area contributed by atoms with Crippen LogP contribution in [0.15, 0.2) is 36.5 Å². The van der Waals surface area contributed by atoms with Gasteiger partial charge in [-0.25, -0.2) is 9.97 Å². The molecule has 0 unspecified atom stereocenters. The summed E-state index contributed by atoms with van der Waals surface area (Å²) in [6.07, 6.45) is 2.48. The van der Waals surface area contributed by atoms with Crippen LogP contribution in [0.2, 0.25) is 0 Å². The Kier molecular flexibility index (Phi) is 5.62. The number of hydrogen-bond donors (Lipinski definition) is 3. The number of nitrogens with one attached hydrogen (secondary N) is 3. The van der Waals surface area contributed by atoms with Gasteiger partial charge in [0.2, 0.25) is 11.9 Å². The van der Waals surface area contributed by atoms with Crippen molar-refractivity contribution in [1.29, 1.82) is 0 Å². The molecule has 120 valence electrons. The van der Waals surface area contributed by atoms with Crippen LogP contribution in [0, 0.1) is 0 Å². The largest absolute Gasteiger partial charge is 0.354 e. The van der Waals surface area contributed by atoms with Crippen LogP contribution in [-0.2, 0) is 4.79 Å². The molecule has 7 heteroatoms. The van der Waals surface area contributed by atoms with Gasteiger partial charge in [-0.15, -0.1) is 0 Å². The van der Waals surface area contributed by atoms with Gasteiger partial charge in [-0.2, -0.15) is 0 Å². The Morgan fingerprint density at radius 1 is 1.13 bits per heavy atom. The van der Waals surface area contributed by atoms with Crippen LogP contribution >= 0.6 is 0 Å². The third kappa shape index (κ3) is 5.06. The zero-order chi connectivity index (χ0) is 16.7. The first-order chi connectivity index (χ1) is 11.1. The molecule has 0 radical (unpaired) electrons. The summed E-state index contributed by atoms with van der Waals surface area (Å²) in [5.74, 6) is -0.0886. The normalized spacial score (nSPS) is 10.0. The molecular weight excluding hydrogens is 294 g/mol. The van der Waals surface area contributed by atoms with E-state index < -0.39 is 0 Å². The summed E-state index contributed by atoms with van der Waals surface area (Å²) in [7, 11) is 0. The molecule has 0 bridgehead atoms. The van der Waals surface area contributed by atoms with Crippen LogP contribution in [0.4, 0.5) is 17.3 Å². The Morgan fingerprint density at radius 2 is 1.87 bits per heavy atom. The second-order valence-electron chi connectivity index (χ2n) is 4.91. The number of amides is 2. The lowest BCUT2D eigenvalue weighted by Gasteiger charge is -2.08. The summed E-state index contributed by atoms with van der Waals surface area (Å²) in [6, 6.07) is 8.45. The average Bonchev–Trinajstić information content (AvgIpc) is 2.53. The molecule has 2 rings (SSSR count).